The molecule has 2 aromatic rings. The molecule has 4 N–H and O–H groups in total. The number of rotatable bonds is 9. The van der Waals surface area contributed by atoms with Crippen LogP contribution in [0, 0.1) is 5.92 Å². The van der Waals surface area contributed by atoms with Gasteiger partial charge in [0.25, 0.3) is 0 Å². The second kappa shape index (κ2) is 11.7. The number of hydrogen-bond acceptors (Lipinski definition) is 7. The zero-order valence-electron chi connectivity index (χ0n) is 23.0. The standard InChI is InChI=1S/C31H38O7/c1-16(2)8-10-19(18(5)6)12-22-28(34)20(11-9-17(3)4)13-21-23(32)14-25(38-31(21)22)27-24(33)15-26(37-7)29(35)30(27)36/h8-9,13,15,19,25,33-36H,5,10-12,14H2,1-4,6-7H3/t19?,25-/m0/s1. The van der Waals surface area contributed by atoms with Crippen molar-refractivity contribution >= 4 is 5.78 Å². The predicted molar refractivity (Wildman–Crippen MR) is 148 cm³/mol. The topological polar surface area (TPSA) is 116 Å². The van der Waals surface area contributed by atoms with Gasteiger partial charge in [-0.05, 0) is 71.4 Å². The molecule has 0 spiro atoms. The maximum Gasteiger partial charge on any atom is 0.201 e. The van der Waals surface area contributed by atoms with Crippen LogP contribution in [0.3, 0.4) is 0 Å². The summed E-state index contributed by atoms with van der Waals surface area (Å²) in [5, 5.41) is 43.0. The number of aromatic hydroxyl groups is 4. The van der Waals surface area contributed by atoms with Gasteiger partial charge in [0.15, 0.2) is 17.3 Å². The van der Waals surface area contributed by atoms with Crippen LogP contribution in [-0.2, 0) is 12.8 Å². The molecule has 2 aromatic carbocycles. The third-order valence-electron chi connectivity index (χ3n) is 6.85. The maximum absolute atomic E-state index is 13.4. The average molecular weight is 523 g/mol. The van der Waals surface area contributed by atoms with Crippen LogP contribution in [0.2, 0.25) is 0 Å². The fraction of sp³-hybridized carbons (Fsp3) is 0.387. The summed E-state index contributed by atoms with van der Waals surface area (Å²) < 4.78 is 11.3. The molecule has 0 aromatic heterocycles. The molecule has 0 aliphatic carbocycles. The number of carbonyl (C=O) groups excluding carboxylic acids is 1. The summed E-state index contributed by atoms with van der Waals surface area (Å²) in [6, 6.07) is 2.81. The van der Waals surface area contributed by atoms with Gasteiger partial charge in [0, 0.05) is 11.6 Å². The van der Waals surface area contributed by atoms with Crippen molar-refractivity contribution in [2.75, 3.05) is 7.11 Å². The molecule has 7 nitrogen and oxygen atoms in total. The van der Waals surface area contributed by atoms with Gasteiger partial charge in [0.05, 0.1) is 24.7 Å². The third kappa shape index (κ3) is 5.98. The SMILES string of the molecule is C=C(C)C(CC=C(C)C)Cc1c(O)c(CC=C(C)C)cc2c1O[C@H](c1c(O)cc(OC)c(O)c1O)CC2=O. The molecule has 1 unspecified atom stereocenters. The minimum atomic E-state index is -1.09. The van der Waals surface area contributed by atoms with Gasteiger partial charge in [-0.2, -0.15) is 0 Å². The van der Waals surface area contributed by atoms with E-state index in [9.17, 15) is 25.2 Å². The minimum absolute atomic E-state index is 0.0236. The first-order chi connectivity index (χ1) is 17.8. The number of methoxy groups -OCH3 is 1. The third-order valence-corrected chi connectivity index (χ3v) is 6.85. The number of benzene rings is 2. The van der Waals surface area contributed by atoms with Gasteiger partial charge in [-0.25, -0.2) is 0 Å². The van der Waals surface area contributed by atoms with Crippen LogP contribution < -0.4 is 9.47 Å². The highest BCUT2D eigenvalue weighted by Crippen LogP contribution is 2.51. The lowest BCUT2D eigenvalue weighted by molar-refractivity contribution is 0.0839. The molecular weight excluding hydrogens is 484 g/mol. The quantitative estimate of drug-likeness (QED) is 0.162. The lowest BCUT2D eigenvalue weighted by atomic mass is 9.85. The Morgan fingerprint density at radius 1 is 1.05 bits per heavy atom. The van der Waals surface area contributed by atoms with E-state index in [1.807, 2.05) is 40.7 Å². The summed E-state index contributed by atoms with van der Waals surface area (Å²) >= 11 is 0. The molecule has 7 heteroatoms. The predicted octanol–water partition coefficient (Wildman–Crippen LogP) is 6.82. The fourth-order valence-corrected chi connectivity index (χ4v) is 4.59. The smallest absolute Gasteiger partial charge is 0.201 e. The van der Waals surface area contributed by atoms with Crippen molar-refractivity contribution in [1.29, 1.82) is 0 Å². The number of hydrogen-bond donors (Lipinski definition) is 4. The van der Waals surface area contributed by atoms with Crippen molar-refractivity contribution in [2.24, 2.45) is 5.92 Å². The van der Waals surface area contributed by atoms with Gasteiger partial charge in [-0.1, -0.05) is 35.5 Å². The van der Waals surface area contributed by atoms with E-state index in [4.69, 9.17) is 9.47 Å². The molecule has 0 saturated heterocycles. The summed E-state index contributed by atoms with van der Waals surface area (Å²) in [5.41, 5.74) is 4.49. The van der Waals surface area contributed by atoms with E-state index in [2.05, 4.69) is 12.7 Å². The zero-order valence-corrected chi connectivity index (χ0v) is 23.0. The number of carbonyl (C=O) groups is 1. The second-order valence-corrected chi connectivity index (χ2v) is 10.4. The van der Waals surface area contributed by atoms with Gasteiger partial charge >= 0.3 is 0 Å². The Hall–Kier alpha value is -3.87. The Bertz CT molecular complexity index is 1310. The molecule has 0 saturated carbocycles. The van der Waals surface area contributed by atoms with Gasteiger partial charge in [-0.15, -0.1) is 0 Å². The Morgan fingerprint density at radius 2 is 1.71 bits per heavy atom. The van der Waals surface area contributed by atoms with Crippen molar-refractivity contribution < 1.29 is 34.7 Å². The van der Waals surface area contributed by atoms with Gasteiger partial charge in [-0.3, -0.25) is 4.79 Å². The van der Waals surface area contributed by atoms with Crippen molar-refractivity contribution in [3.63, 3.8) is 0 Å². The van der Waals surface area contributed by atoms with E-state index in [0.29, 0.717) is 36.0 Å². The largest absolute Gasteiger partial charge is 0.507 e. The first kappa shape index (κ1) is 28.7. The van der Waals surface area contributed by atoms with Crippen molar-refractivity contribution in [1.82, 2.24) is 0 Å². The van der Waals surface area contributed by atoms with E-state index in [0.717, 1.165) is 22.8 Å². The lowest BCUT2D eigenvalue weighted by Gasteiger charge is -2.30. The lowest BCUT2D eigenvalue weighted by Crippen LogP contribution is -2.23. The summed E-state index contributed by atoms with van der Waals surface area (Å²) in [5.74, 6) is -1.72. The summed E-state index contributed by atoms with van der Waals surface area (Å²) in [6.45, 7) is 14.1. The van der Waals surface area contributed by atoms with Crippen LogP contribution in [0.4, 0.5) is 0 Å². The molecule has 0 radical (unpaired) electrons. The summed E-state index contributed by atoms with van der Waals surface area (Å²) in [6.07, 6.45) is 4.36. The van der Waals surface area contributed by atoms with Gasteiger partial charge in [0.2, 0.25) is 5.75 Å². The number of phenols is 4. The van der Waals surface area contributed by atoms with Gasteiger partial charge in [0.1, 0.15) is 23.4 Å². The van der Waals surface area contributed by atoms with E-state index in [1.165, 1.54) is 7.11 Å². The number of fused-ring (bicyclic) bond motifs is 1. The number of phenolic OH excluding ortho intramolecular Hbond substituents is 4. The first-order valence-electron chi connectivity index (χ1n) is 12.7. The van der Waals surface area contributed by atoms with Crippen LogP contribution in [-0.4, -0.2) is 33.3 Å². The highest BCUT2D eigenvalue weighted by atomic mass is 16.5. The van der Waals surface area contributed by atoms with Crippen molar-refractivity contribution in [3.8, 4) is 34.5 Å². The Morgan fingerprint density at radius 3 is 2.29 bits per heavy atom. The normalized spacial score (nSPS) is 15.2. The zero-order chi connectivity index (χ0) is 28.3. The molecule has 38 heavy (non-hydrogen) atoms. The average Bonchev–Trinajstić information content (AvgIpc) is 2.83. The summed E-state index contributed by atoms with van der Waals surface area (Å²) in [7, 11) is 1.29. The van der Waals surface area contributed by atoms with Crippen molar-refractivity contribution in [3.05, 3.63) is 69.8 Å². The molecule has 1 aliphatic heterocycles. The molecule has 0 amide bonds. The Kier molecular flexibility index (Phi) is 8.82. The summed E-state index contributed by atoms with van der Waals surface area (Å²) in [4.78, 5) is 13.4. The van der Waals surface area contributed by atoms with Crippen molar-refractivity contribution in [2.45, 2.75) is 66.4 Å². The maximum atomic E-state index is 13.4. The number of ether oxygens (including phenoxy) is 2. The van der Waals surface area contributed by atoms with E-state index >= 15 is 0 Å². The van der Waals surface area contributed by atoms with E-state index < -0.39 is 17.6 Å². The van der Waals surface area contributed by atoms with E-state index in [1.54, 1.807) is 6.07 Å². The Labute approximate surface area is 224 Å². The molecule has 1 heterocycles. The first-order valence-corrected chi connectivity index (χ1v) is 12.7. The van der Waals surface area contributed by atoms with Crippen LogP contribution in [0.15, 0.2) is 47.6 Å². The number of ketones is 1. The molecule has 0 bridgehead atoms. The fourth-order valence-electron chi connectivity index (χ4n) is 4.59. The molecule has 2 atom stereocenters. The highest BCUT2D eigenvalue weighted by molar-refractivity contribution is 6.01. The van der Waals surface area contributed by atoms with Gasteiger partial charge < -0.3 is 29.9 Å². The Balaban J connectivity index is 2.18. The molecular formula is C31H38O7. The number of allylic oxidation sites excluding steroid dienone is 5. The van der Waals surface area contributed by atoms with Crippen LogP contribution in [0.25, 0.3) is 0 Å². The van der Waals surface area contributed by atoms with Crippen LogP contribution >= 0.6 is 0 Å². The monoisotopic (exact) mass is 522 g/mol. The van der Waals surface area contributed by atoms with Crippen LogP contribution in [0.5, 0.6) is 34.5 Å². The minimum Gasteiger partial charge on any atom is -0.507 e. The second-order valence-electron chi connectivity index (χ2n) is 10.4. The molecule has 1 aliphatic rings. The van der Waals surface area contributed by atoms with E-state index in [-0.39, 0.29) is 46.7 Å². The molecule has 3 rings (SSSR count). The van der Waals surface area contributed by atoms with Crippen LogP contribution in [0.1, 0.15) is 80.6 Å². The molecule has 204 valence electrons. The molecule has 0 fully saturated rings. The number of Topliss-reactive ketones (excluding diaryl/α,β-unsaturated/α-hetero) is 1. The highest BCUT2D eigenvalue weighted by Gasteiger charge is 2.36.